The lowest BCUT2D eigenvalue weighted by molar-refractivity contribution is -0.00835. The summed E-state index contributed by atoms with van der Waals surface area (Å²) in [6, 6.07) is 3.87. The lowest BCUT2D eigenvalue weighted by Gasteiger charge is -2.35. The van der Waals surface area contributed by atoms with E-state index in [-0.39, 0.29) is 59.7 Å². The molecule has 3 N–H and O–H groups in total. The van der Waals surface area contributed by atoms with Gasteiger partial charge in [0.15, 0.2) is 5.76 Å². The lowest BCUT2D eigenvalue weighted by Crippen LogP contribution is -2.48. The molecule has 0 saturated carbocycles. The van der Waals surface area contributed by atoms with E-state index in [0.29, 0.717) is 24.5 Å². The van der Waals surface area contributed by atoms with Crippen molar-refractivity contribution >= 4 is 27.6 Å². The van der Waals surface area contributed by atoms with E-state index in [1.54, 1.807) is 43.9 Å². The number of nitrogens with one attached hydrogen (secondary N) is 2. The molecule has 14 heteroatoms. The summed E-state index contributed by atoms with van der Waals surface area (Å²) in [5.74, 6) is -0.153. The molecule has 1 aromatic heterocycles. The number of benzene rings is 1. The third-order valence-electron chi connectivity index (χ3n) is 7.80. The van der Waals surface area contributed by atoms with Crippen LogP contribution in [0.2, 0.25) is 0 Å². The van der Waals surface area contributed by atoms with E-state index in [2.05, 4.69) is 15.8 Å². The van der Waals surface area contributed by atoms with Crippen LogP contribution in [0.5, 0.6) is 5.75 Å². The zero-order chi connectivity index (χ0) is 33.5. The van der Waals surface area contributed by atoms with E-state index in [4.69, 9.17) is 14.0 Å². The van der Waals surface area contributed by atoms with Gasteiger partial charge >= 0.3 is 6.03 Å². The van der Waals surface area contributed by atoms with E-state index in [9.17, 15) is 23.1 Å². The second kappa shape index (κ2) is 15.9. The minimum atomic E-state index is -3.94. The predicted molar refractivity (Wildman–Crippen MR) is 170 cm³/mol. The van der Waals surface area contributed by atoms with Gasteiger partial charge in [0.05, 0.1) is 30.4 Å². The first-order valence-electron chi connectivity index (χ1n) is 15.5. The number of ether oxygens (including phenoxy) is 2. The van der Waals surface area contributed by atoms with Gasteiger partial charge in [0, 0.05) is 44.4 Å². The van der Waals surface area contributed by atoms with Crippen LogP contribution in [0.25, 0.3) is 0 Å². The Balaban J connectivity index is 1.97. The van der Waals surface area contributed by atoms with Gasteiger partial charge in [0.2, 0.25) is 10.0 Å². The highest BCUT2D eigenvalue weighted by Crippen LogP contribution is 2.29. The van der Waals surface area contributed by atoms with Gasteiger partial charge in [-0.1, -0.05) is 12.1 Å². The Morgan fingerprint density at radius 1 is 1.20 bits per heavy atom. The van der Waals surface area contributed by atoms with Crippen LogP contribution in [0.3, 0.4) is 0 Å². The van der Waals surface area contributed by atoms with Crippen LogP contribution in [-0.4, -0.2) is 97.5 Å². The minimum Gasteiger partial charge on any atom is -0.490 e. The van der Waals surface area contributed by atoms with Crippen molar-refractivity contribution in [1.29, 1.82) is 0 Å². The molecule has 1 aliphatic heterocycles. The number of carbonyl (C=O) groups excluding carboxylic acids is 2. The first-order chi connectivity index (χ1) is 21.1. The van der Waals surface area contributed by atoms with Crippen LogP contribution in [-0.2, 0) is 14.8 Å². The third kappa shape index (κ3) is 9.41. The van der Waals surface area contributed by atoms with Crippen molar-refractivity contribution in [2.24, 2.45) is 5.92 Å². The van der Waals surface area contributed by atoms with Crippen molar-refractivity contribution in [3.05, 3.63) is 35.2 Å². The quantitative estimate of drug-likeness (QED) is 0.384. The number of hydrogen-bond acceptors (Lipinski definition) is 9. The fraction of sp³-hybridized carbons (Fsp3) is 0.645. The average molecular weight is 652 g/mol. The van der Waals surface area contributed by atoms with E-state index in [1.165, 1.54) is 11.4 Å². The lowest BCUT2D eigenvalue weighted by atomic mass is 10.0. The summed E-state index contributed by atoms with van der Waals surface area (Å²) in [5.41, 5.74) is 0.928. The van der Waals surface area contributed by atoms with Gasteiger partial charge in [-0.3, -0.25) is 4.79 Å². The number of aromatic nitrogens is 1. The number of fused-ring (bicyclic) bond motifs is 1. The topological polar surface area (TPSA) is 164 Å². The molecule has 0 fully saturated rings. The molecule has 4 atom stereocenters. The Bertz CT molecular complexity index is 1390. The number of hydrogen-bond donors (Lipinski definition) is 3. The first-order valence-corrected chi connectivity index (χ1v) is 16.9. The Hall–Kier alpha value is -3.20. The molecule has 0 saturated heterocycles. The van der Waals surface area contributed by atoms with Crippen molar-refractivity contribution in [2.45, 2.75) is 96.9 Å². The number of rotatable bonds is 8. The van der Waals surface area contributed by atoms with Crippen molar-refractivity contribution < 1.29 is 37.1 Å². The third-order valence-corrected chi connectivity index (χ3v) is 9.87. The summed E-state index contributed by atoms with van der Waals surface area (Å²) in [7, 11) is -2.45. The summed E-state index contributed by atoms with van der Waals surface area (Å²) in [6.45, 7) is 12.7. The van der Waals surface area contributed by atoms with Gasteiger partial charge in [-0.25, -0.2) is 13.2 Å². The van der Waals surface area contributed by atoms with Crippen molar-refractivity contribution in [3.63, 3.8) is 0 Å². The van der Waals surface area contributed by atoms with E-state index < -0.39 is 34.1 Å². The molecule has 13 nitrogen and oxygen atoms in total. The van der Waals surface area contributed by atoms with Crippen LogP contribution in [0.15, 0.2) is 27.6 Å². The maximum Gasteiger partial charge on any atom is 0.319 e. The number of nitrogens with zero attached hydrogens (tertiary/aromatic N) is 3. The number of aliphatic hydroxyl groups excluding tert-OH is 1. The molecule has 3 rings (SSSR count). The van der Waals surface area contributed by atoms with Crippen molar-refractivity contribution in [3.8, 4) is 5.75 Å². The Labute approximate surface area is 266 Å². The largest absolute Gasteiger partial charge is 0.490 e. The fourth-order valence-electron chi connectivity index (χ4n) is 5.24. The highest BCUT2D eigenvalue weighted by Gasteiger charge is 2.34. The normalized spacial score (nSPS) is 21.2. The molecule has 1 aliphatic rings. The van der Waals surface area contributed by atoms with Crippen LogP contribution in [0, 0.1) is 19.8 Å². The number of carbonyl (C=O) groups is 2. The molecule has 0 unspecified atom stereocenters. The van der Waals surface area contributed by atoms with Crippen LogP contribution >= 0.6 is 0 Å². The second-order valence-electron chi connectivity index (χ2n) is 12.2. The summed E-state index contributed by atoms with van der Waals surface area (Å²) in [6.07, 6.45) is 1.43. The van der Waals surface area contributed by atoms with E-state index in [0.717, 1.165) is 12.8 Å². The molecule has 252 valence electrons. The molecular formula is C31H49N5O8S. The van der Waals surface area contributed by atoms with Crippen molar-refractivity contribution in [1.82, 2.24) is 19.7 Å². The number of aliphatic hydroxyl groups is 1. The molecule has 0 aliphatic carbocycles. The second-order valence-corrected chi connectivity index (χ2v) is 14.2. The summed E-state index contributed by atoms with van der Waals surface area (Å²) in [5, 5.41) is 19.5. The average Bonchev–Trinajstić information content (AvgIpc) is 3.31. The number of sulfonamides is 1. The zero-order valence-corrected chi connectivity index (χ0v) is 28.4. The molecule has 2 aromatic rings. The smallest absolute Gasteiger partial charge is 0.319 e. The summed E-state index contributed by atoms with van der Waals surface area (Å²) < 4.78 is 45.9. The van der Waals surface area contributed by atoms with Crippen LogP contribution < -0.4 is 15.4 Å². The summed E-state index contributed by atoms with van der Waals surface area (Å²) >= 11 is 0. The molecule has 0 bridgehead atoms. The van der Waals surface area contributed by atoms with Gasteiger partial charge in [0.1, 0.15) is 16.3 Å². The molecule has 45 heavy (non-hydrogen) atoms. The highest BCUT2D eigenvalue weighted by atomic mass is 32.2. The predicted octanol–water partition coefficient (Wildman–Crippen LogP) is 3.94. The monoisotopic (exact) mass is 651 g/mol. The first kappa shape index (κ1) is 36.3. The van der Waals surface area contributed by atoms with Crippen LogP contribution in [0.4, 0.5) is 10.5 Å². The van der Waals surface area contributed by atoms with Crippen molar-refractivity contribution in [2.75, 3.05) is 38.7 Å². The zero-order valence-electron chi connectivity index (χ0n) is 27.6. The molecule has 3 amide bonds. The molecular weight excluding hydrogens is 602 g/mol. The van der Waals surface area contributed by atoms with Gasteiger partial charge in [-0.05, 0) is 79.0 Å². The fourth-order valence-corrected chi connectivity index (χ4v) is 6.71. The molecule has 1 aromatic carbocycles. The van der Waals surface area contributed by atoms with E-state index in [1.807, 2.05) is 27.7 Å². The maximum atomic E-state index is 14.2. The minimum absolute atomic E-state index is 0.0260. The van der Waals surface area contributed by atoms with Gasteiger partial charge in [0.25, 0.3) is 5.91 Å². The number of aryl methyl sites for hydroxylation is 2. The van der Waals surface area contributed by atoms with Gasteiger partial charge < -0.3 is 34.6 Å². The Morgan fingerprint density at radius 2 is 1.91 bits per heavy atom. The van der Waals surface area contributed by atoms with E-state index >= 15 is 0 Å². The Kier molecular flexibility index (Phi) is 12.8. The van der Waals surface area contributed by atoms with Crippen LogP contribution in [0.1, 0.15) is 75.7 Å². The summed E-state index contributed by atoms with van der Waals surface area (Å²) in [4.78, 5) is 28.2. The van der Waals surface area contributed by atoms with Gasteiger partial charge in [-0.15, -0.1) is 0 Å². The number of likely N-dealkylation sites (N-methyl/N-ethyl adjacent to an activating group) is 1. The Morgan fingerprint density at radius 3 is 2.53 bits per heavy atom. The molecule has 2 heterocycles. The highest BCUT2D eigenvalue weighted by molar-refractivity contribution is 7.89. The number of urea groups is 1. The molecule has 0 spiro atoms. The standard InChI is InChI=1S/C31H49N5O8S/c1-19(2)32-31(39)33-25-12-13-27-26(15-25)30(38)36(21(4)18-37)16-20(3)28(42-14-10-9-11-22(5)43-27)17-35(8)45(40,41)29-23(6)34-44-24(29)7/h12-13,15,19-22,28,37H,9-11,14,16-18H2,1-8H3,(H2,32,33,39)/t20-,21+,22+,28+/m0/s1. The number of amides is 3. The van der Waals surface area contributed by atoms with Gasteiger partial charge in [-0.2, -0.15) is 4.31 Å². The SMILES string of the molecule is Cc1noc(C)c1S(=O)(=O)N(C)C[C@H]1OCCCC[C@@H](C)Oc2ccc(NC(=O)NC(C)C)cc2C(=O)N([C@H](C)CO)C[C@@H]1C. The number of anilines is 1. The maximum absolute atomic E-state index is 14.2. The molecule has 0 radical (unpaired) electrons.